The van der Waals surface area contributed by atoms with Gasteiger partial charge >= 0.3 is 0 Å². The van der Waals surface area contributed by atoms with Crippen molar-refractivity contribution < 1.29 is 13.2 Å². The van der Waals surface area contributed by atoms with Gasteiger partial charge in [-0.3, -0.25) is 4.79 Å². The van der Waals surface area contributed by atoms with Crippen LogP contribution in [0.5, 0.6) is 0 Å². The van der Waals surface area contributed by atoms with Crippen LogP contribution in [0.25, 0.3) is 0 Å². The van der Waals surface area contributed by atoms with E-state index in [-0.39, 0.29) is 21.0 Å². The second-order valence-electron chi connectivity index (χ2n) is 3.42. The summed E-state index contributed by atoms with van der Waals surface area (Å²) in [7, 11) is -2.35. The molecule has 16 heavy (non-hydrogen) atoms. The Morgan fingerprint density at radius 1 is 1.56 bits per heavy atom. The Labute approximate surface area is 96.7 Å². The van der Waals surface area contributed by atoms with Gasteiger partial charge in [-0.05, 0) is 0 Å². The van der Waals surface area contributed by atoms with Crippen LogP contribution in [0, 0.1) is 5.92 Å². The van der Waals surface area contributed by atoms with Crippen LogP contribution in [0.2, 0.25) is 0 Å². The summed E-state index contributed by atoms with van der Waals surface area (Å²) in [5.74, 6) is -0.583. The van der Waals surface area contributed by atoms with Crippen LogP contribution >= 0.6 is 11.3 Å². The summed E-state index contributed by atoms with van der Waals surface area (Å²) in [4.78, 5) is 15.3. The van der Waals surface area contributed by atoms with Crippen molar-refractivity contribution >= 4 is 27.3 Å². The van der Waals surface area contributed by atoms with E-state index < -0.39 is 10.0 Å². The summed E-state index contributed by atoms with van der Waals surface area (Å²) in [6.07, 6.45) is 0. The number of primary sulfonamides is 1. The van der Waals surface area contributed by atoms with Gasteiger partial charge in [0.2, 0.25) is 9.14 Å². The van der Waals surface area contributed by atoms with Gasteiger partial charge in [0, 0.05) is 13.0 Å². The fraction of sp³-hybridized carbons (Fsp3) is 0.571. The second-order valence-corrected chi connectivity index (χ2v) is 6.12. The number of rotatable bonds is 2. The zero-order valence-electron chi connectivity index (χ0n) is 9.04. The van der Waals surface area contributed by atoms with Gasteiger partial charge in [-0.2, -0.15) is 4.99 Å². The maximum Gasteiger partial charge on any atom is 0.267 e. The van der Waals surface area contributed by atoms with E-state index in [0.717, 1.165) is 11.3 Å². The number of aryl methyl sites for hydroxylation is 1. The summed E-state index contributed by atoms with van der Waals surface area (Å²) in [5.41, 5.74) is 0. The van der Waals surface area contributed by atoms with Gasteiger partial charge in [0.1, 0.15) is 0 Å². The van der Waals surface area contributed by atoms with Crippen LogP contribution < -0.4 is 9.94 Å². The number of nitrogens with two attached hydrogens (primary N) is 1. The molecule has 1 rings (SSSR count). The minimum Gasteiger partial charge on any atom is -0.272 e. The van der Waals surface area contributed by atoms with Crippen LogP contribution in [0.4, 0.5) is 0 Å². The van der Waals surface area contributed by atoms with E-state index in [1.165, 1.54) is 11.7 Å². The zero-order valence-corrected chi connectivity index (χ0v) is 10.7. The van der Waals surface area contributed by atoms with Crippen molar-refractivity contribution in [1.82, 2.24) is 9.78 Å². The molecule has 0 aliphatic carbocycles. The molecule has 0 unspecified atom stereocenters. The molecule has 0 saturated carbocycles. The van der Waals surface area contributed by atoms with Gasteiger partial charge < -0.3 is 0 Å². The summed E-state index contributed by atoms with van der Waals surface area (Å²) in [5, 5.41) is 8.58. The van der Waals surface area contributed by atoms with Crippen molar-refractivity contribution in [2.24, 2.45) is 23.1 Å². The van der Waals surface area contributed by atoms with Crippen molar-refractivity contribution in [2.75, 3.05) is 0 Å². The number of hydrogen-bond acceptors (Lipinski definition) is 5. The molecule has 1 amide bonds. The fourth-order valence-electron chi connectivity index (χ4n) is 0.763. The molecule has 0 aliphatic rings. The van der Waals surface area contributed by atoms with Crippen molar-refractivity contribution in [2.45, 2.75) is 18.2 Å². The Hall–Kier alpha value is -1.06. The molecule has 0 atom stereocenters. The Morgan fingerprint density at radius 2 is 2.12 bits per heavy atom. The fourth-order valence-corrected chi connectivity index (χ4v) is 2.32. The quantitative estimate of drug-likeness (QED) is 0.755. The predicted molar refractivity (Wildman–Crippen MR) is 57.9 cm³/mol. The first-order valence-corrected chi connectivity index (χ1v) is 6.73. The predicted octanol–water partition coefficient (Wildman–Crippen LogP) is -0.788. The summed E-state index contributed by atoms with van der Waals surface area (Å²) in [6, 6.07) is 0. The lowest BCUT2D eigenvalue weighted by molar-refractivity contribution is -0.120. The van der Waals surface area contributed by atoms with Crippen LogP contribution in [0.1, 0.15) is 13.8 Å². The zero-order chi connectivity index (χ0) is 12.5. The molecule has 9 heteroatoms. The third-order valence-corrected chi connectivity index (χ3v) is 3.94. The molecule has 1 aromatic heterocycles. The minimum absolute atomic E-state index is 0.211. The monoisotopic (exact) mass is 264 g/mol. The highest BCUT2D eigenvalue weighted by molar-refractivity contribution is 7.91. The van der Waals surface area contributed by atoms with E-state index in [9.17, 15) is 13.2 Å². The molecule has 0 aliphatic heterocycles. The number of amides is 1. The highest BCUT2D eigenvalue weighted by Crippen LogP contribution is 2.04. The van der Waals surface area contributed by atoms with Crippen LogP contribution in [-0.4, -0.2) is 24.1 Å². The first-order valence-electron chi connectivity index (χ1n) is 4.37. The molecule has 0 spiro atoms. The van der Waals surface area contributed by atoms with Gasteiger partial charge in [0.05, 0.1) is 0 Å². The van der Waals surface area contributed by atoms with Crippen LogP contribution in [-0.2, 0) is 21.9 Å². The Morgan fingerprint density at radius 3 is 2.50 bits per heavy atom. The smallest absolute Gasteiger partial charge is 0.267 e. The van der Waals surface area contributed by atoms with Crippen molar-refractivity contribution in [3.8, 4) is 0 Å². The number of carbonyl (C=O) groups excluding carboxylic acids is 1. The average molecular weight is 264 g/mol. The third kappa shape index (κ3) is 2.97. The minimum atomic E-state index is -3.85. The van der Waals surface area contributed by atoms with Crippen molar-refractivity contribution in [3.05, 3.63) is 4.80 Å². The van der Waals surface area contributed by atoms with Gasteiger partial charge in [-0.1, -0.05) is 25.2 Å². The SMILES string of the molecule is CC(C)C(=O)N=c1sc(S(N)(=O)=O)nn1C. The molecule has 0 aromatic carbocycles. The first-order chi connectivity index (χ1) is 7.21. The molecule has 2 N–H and O–H groups in total. The topological polar surface area (TPSA) is 107 Å². The Kier molecular flexibility index (Phi) is 3.61. The van der Waals surface area contributed by atoms with E-state index >= 15 is 0 Å². The number of nitrogens with zero attached hydrogens (tertiary/aromatic N) is 3. The maximum absolute atomic E-state index is 11.3. The molecule has 1 heterocycles. The average Bonchev–Trinajstić information content (AvgIpc) is 2.47. The van der Waals surface area contributed by atoms with E-state index in [2.05, 4.69) is 10.1 Å². The molecule has 0 fully saturated rings. The molecular weight excluding hydrogens is 252 g/mol. The van der Waals surface area contributed by atoms with Crippen LogP contribution in [0.15, 0.2) is 9.33 Å². The highest BCUT2D eigenvalue weighted by atomic mass is 32.2. The van der Waals surface area contributed by atoms with Crippen LogP contribution in [0.3, 0.4) is 0 Å². The number of aromatic nitrogens is 2. The van der Waals surface area contributed by atoms with E-state index in [1.54, 1.807) is 13.8 Å². The lowest BCUT2D eigenvalue weighted by Gasteiger charge is -1.94. The molecular formula is C7H12N4O3S2. The molecule has 0 radical (unpaired) electrons. The van der Waals surface area contributed by atoms with E-state index in [1.807, 2.05) is 0 Å². The molecule has 0 bridgehead atoms. The molecule has 1 aromatic rings. The van der Waals surface area contributed by atoms with E-state index in [4.69, 9.17) is 5.14 Å². The first kappa shape index (κ1) is 13.0. The molecule has 0 saturated heterocycles. The molecule has 90 valence electrons. The van der Waals surface area contributed by atoms with Crippen molar-refractivity contribution in [1.29, 1.82) is 0 Å². The molecule has 7 nitrogen and oxygen atoms in total. The van der Waals surface area contributed by atoms with E-state index in [0.29, 0.717) is 0 Å². The maximum atomic E-state index is 11.3. The lowest BCUT2D eigenvalue weighted by atomic mass is 10.2. The van der Waals surface area contributed by atoms with Gasteiger partial charge in [-0.15, -0.1) is 5.10 Å². The highest BCUT2D eigenvalue weighted by Gasteiger charge is 2.15. The van der Waals surface area contributed by atoms with Crippen molar-refractivity contribution in [3.63, 3.8) is 0 Å². The normalized spacial score (nSPS) is 13.4. The van der Waals surface area contributed by atoms with Gasteiger partial charge in [0.25, 0.3) is 15.9 Å². The Bertz CT molecular complexity index is 567. The van der Waals surface area contributed by atoms with Gasteiger partial charge in [0.15, 0.2) is 0 Å². The van der Waals surface area contributed by atoms with Gasteiger partial charge in [-0.25, -0.2) is 18.2 Å². The summed E-state index contributed by atoms with van der Waals surface area (Å²) < 4.78 is 23.0. The summed E-state index contributed by atoms with van der Waals surface area (Å²) >= 11 is 0.764. The number of hydrogen-bond donors (Lipinski definition) is 1. The third-order valence-electron chi connectivity index (χ3n) is 1.63. The number of carbonyl (C=O) groups is 1. The standard InChI is InChI=1S/C7H12N4O3S2/c1-4(2)5(12)9-6-11(3)10-7(15-6)16(8,13)14/h4H,1-3H3,(H2,8,13,14). The Balaban J connectivity index is 3.28. The number of sulfonamides is 1. The lowest BCUT2D eigenvalue weighted by Crippen LogP contribution is -2.16. The summed E-state index contributed by atoms with van der Waals surface area (Å²) in [6.45, 7) is 3.40. The second kappa shape index (κ2) is 4.44. The largest absolute Gasteiger partial charge is 0.272 e.